The smallest absolute Gasteiger partial charge is 0.136 e. The monoisotopic (exact) mass is 182 g/mol. The topological polar surface area (TPSA) is 37.3 Å². The van der Waals surface area contributed by atoms with Gasteiger partial charge in [0.1, 0.15) is 5.78 Å². The molecule has 0 spiro atoms. The Labute approximate surface area is 79.3 Å². The largest absolute Gasteiger partial charge is 0.393 e. The average Bonchev–Trinajstić information content (AvgIpc) is 2.24. The van der Waals surface area contributed by atoms with Gasteiger partial charge in [-0.15, -0.1) is 0 Å². The van der Waals surface area contributed by atoms with Crippen LogP contribution < -0.4 is 0 Å². The van der Waals surface area contributed by atoms with Crippen molar-refractivity contribution < 1.29 is 9.90 Å². The predicted octanol–water partition coefficient (Wildman–Crippen LogP) is 1.76. The highest BCUT2D eigenvalue weighted by Gasteiger charge is 2.51. The quantitative estimate of drug-likeness (QED) is 0.620. The zero-order valence-electron chi connectivity index (χ0n) is 8.42. The van der Waals surface area contributed by atoms with Gasteiger partial charge in [0.05, 0.1) is 6.10 Å². The second-order valence-corrected chi connectivity index (χ2v) is 5.26. The first-order valence-corrected chi connectivity index (χ1v) is 5.23. The Morgan fingerprint density at radius 3 is 2.69 bits per heavy atom. The molecule has 0 heterocycles. The molecule has 0 aliphatic heterocycles. The van der Waals surface area contributed by atoms with Crippen molar-refractivity contribution in [1.29, 1.82) is 0 Å². The molecule has 1 N–H and O–H groups in total. The minimum absolute atomic E-state index is 0.0294. The van der Waals surface area contributed by atoms with Crippen molar-refractivity contribution >= 4 is 5.78 Å². The number of fused-ring (bicyclic) bond motifs is 1. The third kappa shape index (κ3) is 1.32. The molecule has 0 bridgehead atoms. The summed E-state index contributed by atoms with van der Waals surface area (Å²) in [6, 6.07) is 0. The molecule has 2 heteroatoms. The Kier molecular flexibility index (Phi) is 1.99. The lowest BCUT2D eigenvalue weighted by Crippen LogP contribution is -2.37. The average molecular weight is 182 g/mol. The molecule has 13 heavy (non-hydrogen) atoms. The summed E-state index contributed by atoms with van der Waals surface area (Å²) in [6.45, 7) is 4.23. The number of hydrogen-bond donors (Lipinski definition) is 1. The van der Waals surface area contributed by atoms with E-state index in [0.29, 0.717) is 12.2 Å². The number of rotatable bonds is 0. The third-order valence-corrected chi connectivity index (χ3v) is 3.81. The van der Waals surface area contributed by atoms with Crippen molar-refractivity contribution in [2.24, 2.45) is 17.3 Å². The second kappa shape index (κ2) is 2.81. The highest BCUT2D eigenvalue weighted by molar-refractivity contribution is 5.84. The van der Waals surface area contributed by atoms with Crippen LogP contribution in [0, 0.1) is 17.3 Å². The minimum atomic E-state index is -0.236. The molecule has 2 aliphatic carbocycles. The van der Waals surface area contributed by atoms with Crippen LogP contribution in [-0.2, 0) is 4.79 Å². The van der Waals surface area contributed by atoms with Crippen LogP contribution in [0.5, 0.6) is 0 Å². The number of Topliss-reactive ketones (excluding diaryl/α,β-unsaturated/α-hetero) is 1. The van der Waals surface area contributed by atoms with E-state index in [1.165, 1.54) is 0 Å². The molecule has 2 rings (SSSR count). The summed E-state index contributed by atoms with van der Waals surface area (Å²) < 4.78 is 0. The van der Waals surface area contributed by atoms with Gasteiger partial charge in [-0.25, -0.2) is 0 Å². The Morgan fingerprint density at radius 1 is 1.38 bits per heavy atom. The number of aliphatic hydroxyl groups is 1. The lowest BCUT2D eigenvalue weighted by Gasteiger charge is -2.37. The molecule has 0 amide bonds. The number of hydrogen-bond acceptors (Lipinski definition) is 2. The van der Waals surface area contributed by atoms with Crippen molar-refractivity contribution in [2.75, 3.05) is 0 Å². The van der Waals surface area contributed by atoms with Crippen LogP contribution in [-0.4, -0.2) is 17.0 Å². The van der Waals surface area contributed by atoms with E-state index in [1.54, 1.807) is 0 Å². The van der Waals surface area contributed by atoms with Crippen molar-refractivity contribution in [3.63, 3.8) is 0 Å². The normalized spacial score (nSPS) is 43.3. The molecule has 0 aromatic rings. The van der Waals surface area contributed by atoms with E-state index in [9.17, 15) is 9.90 Å². The summed E-state index contributed by atoms with van der Waals surface area (Å²) in [7, 11) is 0. The van der Waals surface area contributed by atoms with E-state index in [0.717, 1.165) is 19.3 Å². The van der Waals surface area contributed by atoms with Crippen LogP contribution in [0.25, 0.3) is 0 Å². The first-order valence-electron chi connectivity index (χ1n) is 5.23. The number of carbonyl (C=O) groups is 1. The molecule has 3 atom stereocenters. The lowest BCUT2D eigenvalue weighted by molar-refractivity contribution is -0.123. The summed E-state index contributed by atoms with van der Waals surface area (Å²) in [5.74, 6) is 0.779. The van der Waals surface area contributed by atoms with Crippen molar-refractivity contribution in [2.45, 2.75) is 45.6 Å². The Morgan fingerprint density at radius 2 is 2.08 bits per heavy atom. The molecule has 2 saturated carbocycles. The number of carbonyl (C=O) groups excluding carboxylic acids is 1. The molecule has 2 fully saturated rings. The SMILES string of the molecule is CC1(C)CC(=O)[C@H]2CCC[C@H](O)[C@H]21. The molecular weight excluding hydrogens is 164 g/mol. The maximum absolute atomic E-state index is 11.7. The first-order chi connectivity index (χ1) is 6.02. The van der Waals surface area contributed by atoms with Gasteiger partial charge in [0.25, 0.3) is 0 Å². The zero-order valence-corrected chi connectivity index (χ0v) is 8.42. The number of aliphatic hydroxyl groups excluding tert-OH is 1. The van der Waals surface area contributed by atoms with E-state index in [4.69, 9.17) is 0 Å². The first kappa shape index (κ1) is 9.20. The van der Waals surface area contributed by atoms with Crippen LogP contribution in [0.1, 0.15) is 39.5 Å². The van der Waals surface area contributed by atoms with Crippen LogP contribution in [0.15, 0.2) is 0 Å². The fourth-order valence-corrected chi connectivity index (χ4v) is 3.30. The molecular formula is C11H18O2. The maximum atomic E-state index is 11.7. The van der Waals surface area contributed by atoms with Gasteiger partial charge in [-0.1, -0.05) is 20.3 Å². The standard InChI is InChI=1S/C11H18O2/c1-11(2)6-9(13)7-4-3-5-8(12)10(7)11/h7-8,10,12H,3-6H2,1-2H3/t7-,8+,10+/m1/s1. The van der Waals surface area contributed by atoms with Crippen LogP contribution in [0.3, 0.4) is 0 Å². The fourth-order valence-electron chi connectivity index (χ4n) is 3.30. The lowest BCUT2D eigenvalue weighted by atomic mass is 9.70. The van der Waals surface area contributed by atoms with E-state index in [2.05, 4.69) is 13.8 Å². The molecule has 0 radical (unpaired) electrons. The van der Waals surface area contributed by atoms with Gasteiger partial charge in [-0.05, 0) is 18.3 Å². The molecule has 0 aromatic heterocycles. The van der Waals surface area contributed by atoms with Crippen molar-refractivity contribution in [3.8, 4) is 0 Å². The second-order valence-electron chi connectivity index (χ2n) is 5.26. The molecule has 2 nitrogen and oxygen atoms in total. The van der Waals surface area contributed by atoms with E-state index in [1.807, 2.05) is 0 Å². The summed E-state index contributed by atoms with van der Waals surface area (Å²) in [5, 5.41) is 9.88. The Bertz CT molecular complexity index is 232. The molecule has 0 saturated heterocycles. The zero-order chi connectivity index (χ0) is 9.64. The summed E-state index contributed by atoms with van der Waals surface area (Å²) >= 11 is 0. The minimum Gasteiger partial charge on any atom is -0.393 e. The Balaban J connectivity index is 2.28. The van der Waals surface area contributed by atoms with E-state index < -0.39 is 0 Å². The summed E-state index contributed by atoms with van der Waals surface area (Å²) in [5.41, 5.74) is 0.0294. The van der Waals surface area contributed by atoms with Crippen LogP contribution >= 0.6 is 0 Å². The van der Waals surface area contributed by atoms with E-state index >= 15 is 0 Å². The van der Waals surface area contributed by atoms with Crippen LogP contribution in [0.2, 0.25) is 0 Å². The highest BCUT2D eigenvalue weighted by Crippen LogP contribution is 2.50. The van der Waals surface area contributed by atoms with Gasteiger partial charge >= 0.3 is 0 Å². The third-order valence-electron chi connectivity index (χ3n) is 3.81. The van der Waals surface area contributed by atoms with Crippen molar-refractivity contribution in [3.05, 3.63) is 0 Å². The van der Waals surface area contributed by atoms with Crippen LogP contribution in [0.4, 0.5) is 0 Å². The predicted molar refractivity (Wildman–Crippen MR) is 50.2 cm³/mol. The highest BCUT2D eigenvalue weighted by atomic mass is 16.3. The van der Waals surface area contributed by atoms with Gasteiger partial charge in [-0.2, -0.15) is 0 Å². The fraction of sp³-hybridized carbons (Fsp3) is 0.909. The van der Waals surface area contributed by atoms with Gasteiger partial charge < -0.3 is 5.11 Å². The van der Waals surface area contributed by atoms with Gasteiger partial charge in [0, 0.05) is 18.3 Å². The summed E-state index contributed by atoms with van der Waals surface area (Å²) in [4.78, 5) is 11.7. The Hall–Kier alpha value is -0.370. The van der Waals surface area contributed by atoms with Crippen molar-refractivity contribution in [1.82, 2.24) is 0 Å². The molecule has 0 unspecified atom stereocenters. The summed E-state index contributed by atoms with van der Waals surface area (Å²) in [6.07, 6.45) is 3.34. The molecule has 0 aromatic carbocycles. The molecule has 74 valence electrons. The van der Waals surface area contributed by atoms with Gasteiger partial charge in [0.15, 0.2) is 0 Å². The van der Waals surface area contributed by atoms with Gasteiger partial charge in [-0.3, -0.25) is 4.79 Å². The van der Waals surface area contributed by atoms with Gasteiger partial charge in [0.2, 0.25) is 0 Å². The molecule has 2 aliphatic rings. The maximum Gasteiger partial charge on any atom is 0.136 e. The number of ketones is 1. The van der Waals surface area contributed by atoms with E-state index in [-0.39, 0.29) is 23.4 Å².